The highest BCUT2D eigenvalue weighted by atomic mass is 35.5. The quantitative estimate of drug-likeness (QED) is 0.0455. The van der Waals surface area contributed by atoms with E-state index in [1.54, 1.807) is 0 Å². The van der Waals surface area contributed by atoms with Crippen molar-refractivity contribution in [3.05, 3.63) is 147 Å². The normalized spacial score (nSPS) is 30.2. The van der Waals surface area contributed by atoms with Crippen molar-refractivity contribution in [3.63, 3.8) is 0 Å². The SMILES string of the molecule is CCCNCCOc1ccc(C(=O)NC(=O)C[C@@H]2NC(=O)[C@H](NC(=O)[C@@H](CC(C)C)NC)[C@H](O)c3ccc(c(Cl)c3)Oc3cc4cc(c3O[C@@H]3O[C@H](CO)[C@@H](O)[C@H](O)[C@H]3O[C@H]3C[C@](C)(N)[C@H](O)[C@H](C)O3)Oc3ccc(cc3Cl)[C@@H](O)[C@@H]3NC(=O)[C@H](NC(=O)[C@@H]4NC2=O)c2ccc(O)c(c2)-c2c(O)cc(O)cc2[C@@H](C(=O)NC2C4CC5CC(C4)CC2C5)NC3=O)cc1. The molecule has 126 heavy (non-hydrogen) atoms. The van der Waals surface area contributed by atoms with Crippen molar-refractivity contribution in [2.24, 2.45) is 35.3 Å². The van der Waals surface area contributed by atoms with Crippen LogP contribution in [0.5, 0.6) is 51.7 Å². The summed E-state index contributed by atoms with van der Waals surface area (Å²) in [7, 11) is 1.48. The molecular weight excluding hydrogens is 1680 g/mol. The van der Waals surface area contributed by atoms with Crippen molar-refractivity contribution in [3.8, 4) is 62.9 Å². The number of carbonyl (C=O) groups excluding carboxylic acids is 9. The van der Waals surface area contributed by atoms with Gasteiger partial charge in [0, 0.05) is 47.3 Å². The molecule has 0 unspecified atom stereocenters. The molecular formula is C88H105Cl2N11O25. The van der Waals surface area contributed by atoms with Gasteiger partial charge in [-0.2, -0.15) is 0 Å². The minimum absolute atomic E-state index is 0.0537. The molecule has 0 spiro atoms. The van der Waals surface area contributed by atoms with Gasteiger partial charge in [0.05, 0.1) is 41.3 Å². The van der Waals surface area contributed by atoms with E-state index in [2.05, 4.69) is 53.2 Å². The number of imide groups is 1. The number of benzene rings is 6. The molecule has 0 aromatic heterocycles. The van der Waals surface area contributed by atoms with Gasteiger partial charge in [0.2, 0.25) is 59.3 Å². The number of phenols is 3. The molecule has 38 heteroatoms. The molecule has 15 bridgehead atoms. The van der Waals surface area contributed by atoms with Gasteiger partial charge < -0.3 is 133 Å². The number of hydrogen-bond donors (Lipinski definition) is 20. The summed E-state index contributed by atoms with van der Waals surface area (Å²) in [6, 6.07) is 5.49. The Morgan fingerprint density at radius 3 is 1.91 bits per heavy atom. The first-order chi connectivity index (χ1) is 60.0. The van der Waals surface area contributed by atoms with Crippen LogP contribution in [-0.2, 0) is 52.6 Å². The third-order valence-corrected chi connectivity index (χ3v) is 25.2. The molecule has 9 amide bonds. The van der Waals surface area contributed by atoms with E-state index in [4.69, 9.17) is 62.1 Å². The largest absolute Gasteiger partial charge is 0.508 e. The molecule has 36 nitrogen and oxygen atoms in total. The topological polar surface area (TPSA) is 547 Å². The third-order valence-electron chi connectivity index (χ3n) is 24.7. The first-order valence-corrected chi connectivity index (χ1v) is 42.8. The molecule has 2 saturated heterocycles. The summed E-state index contributed by atoms with van der Waals surface area (Å²) in [6.45, 7) is 9.20. The number of nitrogens with two attached hydrogens (primary N) is 1. The van der Waals surface area contributed by atoms with Crippen LogP contribution in [0.1, 0.15) is 161 Å². The van der Waals surface area contributed by atoms with Crippen molar-refractivity contribution >= 4 is 76.4 Å². The highest BCUT2D eigenvalue weighted by Gasteiger charge is 2.53. The van der Waals surface area contributed by atoms with Gasteiger partial charge in [0.15, 0.2) is 23.9 Å². The Morgan fingerprint density at radius 1 is 0.667 bits per heavy atom. The molecule has 4 aliphatic carbocycles. The Hall–Kier alpha value is -10.6. The average Bonchev–Trinajstić information content (AvgIpc) is 0.756. The number of aliphatic hydroxyl groups is 6. The van der Waals surface area contributed by atoms with Gasteiger partial charge in [-0.15, -0.1) is 0 Å². The average molecular weight is 1790 g/mol. The lowest BCUT2D eigenvalue weighted by molar-refractivity contribution is -0.333. The first-order valence-electron chi connectivity index (χ1n) is 42.1. The zero-order chi connectivity index (χ0) is 90.2. The van der Waals surface area contributed by atoms with Crippen LogP contribution in [-0.4, -0.2) is 217 Å². The summed E-state index contributed by atoms with van der Waals surface area (Å²) in [4.78, 5) is 139. The predicted molar refractivity (Wildman–Crippen MR) is 449 cm³/mol. The van der Waals surface area contributed by atoms with Crippen molar-refractivity contribution in [2.75, 3.05) is 33.4 Å². The summed E-state index contributed by atoms with van der Waals surface area (Å²) in [5.41, 5.74) is 2.82. The van der Waals surface area contributed by atoms with E-state index >= 15 is 28.8 Å². The predicted octanol–water partition coefficient (Wildman–Crippen LogP) is 3.81. The number of ether oxygens (including phenoxy) is 7. The lowest BCUT2D eigenvalue weighted by Crippen LogP contribution is -2.64. The maximum absolute atomic E-state index is 16.7. The first kappa shape index (κ1) is 91.7. The van der Waals surface area contributed by atoms with E-state index in [9.17, 15) is 60.3 Å². The Balaban J connectivity index is 0.954. The molecule has 21 N–H and O–H groups in total. The van der Waals surface area contributed by atoms with Crippen LogP contribution in [0.3, 0.4) is 0 Å². The van der Waals surface area contributed by atoms with Crippen molar-refractivity contribution in [2.45, 2.75) is 208 Å². The number of amides is 9. The molecule has 17 rings (SSSR count). The molecule has 7 aliphatic heterocycles. The summed E-state index contributed by atoms with van der Waals surface area (Å²) in [6.07, 6.45) is -13.7. The fourth-order valence-corrected chi connectivity index (χ4v) is 18.8. The minimum atomic E-state index is -2.42. The number of halogens is 2. The summed E-state index contributed by atoms with van der Waals surface area (Å²) in [5, 5.41) is 133. The maximum Gasteiger partial charge on any atom is 0.257 e. The van der Waals surface area contributed by atoms with Crippen molar-refractivity contribution in [1.29, 1.82) is 0 Å². The molecule has 6 aromatic rings. The van der Waals surface area contributed by atoms with Crippen LogP contribution in [0, 0.1) is 29.6 Å². The van der Waals surface area contributed by atoms with E-state index < -0.39 is 227 Å². The zero-order valence-corrected chi connectivity index (χ0v) is 71.2. The van der Waals surface area contributed by atoms with E-state index in [-0.39, 0.29) is 92.7 Å². The molecule has 0 radical (unpaired) electrons. The smallest absolute Gasteiger partial charge is 0.257 e. The molecule has 6 fully saturated rings. The lowest BCUT2D eigenvalue weighted by Gasteiger charge is -2.54. The van der Waals surface area contributed by atoms with Gasteiger partial charge in [0.25, 0.3) is 5.91 Å². The Kier molecular flexibility index (Phi) is 28.1. The summed E-state index contributed by atoms with van der Waals surface area (Å²) in [5.74, 6) is -14.4. The van der Waals surface area contributed by atoms with E-state index in [0.717, 1.165) is 99.7 Å². The highest BCUT2D eigenvalue weighted by Crippen LogP contribution is 2.55. The third kappa shape index (κ3) is 19.9. The number of nitrogens with one attached hydrogen (secondary N) is 10. The Bertz CT molecular complexity index is 5100. The Morgan fingerprint density at radius 2 is 1.29 bits per heavy atom. The van der Waals surface area contributed by atoms with E-state index in [1.807, 2.05) is 20.8 Å². The molecule has 11 aliphatic rings. The van der Waals surface area contributed by atoms with Gasteiger partial charge in [0.1, 0.15) is 108 Å². The standard InChI is InChI=1S/C88H105Cl2N11O25/c1-7-18-93-19-20-120-49-13-8-41(9-14-49)79(112)95-63(106)34-55-81(114)97-68-47-30-60(122-58-16-11-43(28-52(58)89)72(107)70(85(118)94-55)100-80(113)54(92-6)21-37(2)3)76(126-87-77(75(110)74(109)62(36-102)124-87)125-64-35-88(5,91)78(111)38(4)121-64)61(31-47)123-59-17-12-44(29-53(59)90)73(108)71-86(119)99-69(84(117)96-66-45-23-39-22-40(25-45)26-46(66)24-39)51-32-48(103)33-57(105)65(51)50-27-42(10-15-56(50)104)67(82(115)101-71)98-83(68)116/h8-17,27-33,37-40,45-46,54-55,62,64,66-75,77-78,87,92-93,102-105,107-111H,7,18-26,34-36,91H2,1-6H3,(H,94,118)(H,96,117)(H,97,114)(H,98,116)(H,99,119)(H,100,113)(H,101,115)(H,95,106,112)/t38-,39?,40?,45?,46?,54+,55-,62+,64-,66?,67+,68+,69-,70+,71-,72+,73+,74+,75-,77+,78+,87-,88-/m0/s1. The number of phenolic OH excluding ortho intramolecular Hbond substituents is 3. The van der Waals surface area contributed by atoms with Gasteiger partial charge in [-0.25, -0.2) is 0 Å². The summed E-state index contributed by atoms with van der Waals surface area (Å²) < 4.78 is 44.9. The van der Waals surface area contributed by atoms with Crippen molar-refractivity contribution < 1.29 is 122 Å². The number of aromatic hydroxyl groups is 3. The van der Waals surface area contributed by atoms with Gasteiger partial charge in [-0.1, -0.05) is 62.2 Å². The number of carbonyl (C=O) groups is 9. The molecule has 676 valence electrons. The fraction of sp³-hybridized carbons (Fsp3) is 0.489. The molecule has 18 atom stereocenters. The van der Waals surface area contributed by atoms with Crippen LogP contribution < -0.4 is 77.8 Å². The lowest BCUT2D eigenvalue weighted by atomic mass is 9.54. The Labute approximate surface area is 733 Å². The second kappa shape index (κ2) is 38.6. The fourth-order valence-electron chi connectivity index (χ4n) is 18.4. The maximum atomic E-state index is 16.7. The molecule has 4 saturated carbocycles. The number of likely N-dealkylation sites (N-methyl/N-ethyl adjacent to an activating group) is 1. The highest BCUT2D eigenvalue weighted by molar-refractivity contribution is 6.32. The zero-order valence-electron chi connectivity index (χ0n) is 69.7. The number of fused-ring (bicyclic) bond motifs is 15. The van der Waals surface area contributed by atoms with Crippen LogP contribution in [0.4, 0.5) is 0 Å². The monoisotopic (exact) mass is 1790 g/mol. The van der Waals surface area contributed by atoms with E-state index in [1.165, 1.54) is 69.4 Å². The van der Waals surface area contributed by atoms with Crippen LogP contribution in [0.15, 0.2) is 103 Å². The van der Waals surface area contributed by atoms with Crippen LogP contribution >= 0.6 is 23.2 Å². The number of aliphatic hydroxyl groups excluding tert-OH is 6. The van der Waals surface area contributed by atoms with Gasteiger partial charge in [-0.3, -0.25) is 48.5 Å². The van der Waals surface area contributed by atoms with Crippen LogP contribution in [0.25, 0.3) is 11.1 Å². The summed E-state index contributed by atoms with van der Waals surface area (Å²) >= 11 is 14.5. The number of rotatable bonds is 21. The van der Waals surface area contributed by atoms with Crippen molar-refractivity contribution in [1.82, 2.24) is 53.2 Å². The second-order valence-electron chi connectivity index (χ2n) is 34.4. The molecule has 6 aromatic carbocycles. The second-order valence-corrected chi connectivity index (χ2v) is 35.2. The minimum Gasteiger partial charge on any atom is -0.508 e. The van der Waals surface area contributed by atoms with Gasteiger partial charge in [-0.05, 0) is 209 Å². The molecule has 7 heterocycles. The van der Waals surface area contributed by atoms with E-state index in [0.29, 0.717) is 24.1 Å². The number of hydrogen-bond acceptors (Lipinski definition) is 28. The van der Waals surface area contributed by atoms with Crippen LogP contribution in [0.2, 0.25) is 10.0 Å². The van der Waals surface area contributed by atoms with Gasteiger partial charge >= 0.3 is 0 Å².